The summed E-state index contributed by atoms with van der Waals surface area (Å²) in [4.78, 5) is 9.78. The Morgan fingerprint density at radius 2 is 1.84 bits per heavy atom. The molecule has 4 heterocycles. The summed E-state index contributed by atoms with van der Waals surface area (Å²) in [5.41, 5.74) is 1.98. The molecule has 0 aliphatic heterocycles. The third kappa shape index (κ3) is 4.79. The van der Waals surface area contributed by atoms with Crippen LogP contribution in [0.3, 0.4) is 0 Å². The van der Waals surface area contributed by atoms with Crippen LogP contribution in [0.15, 0.2) is 82.1 Å². The van der Waals surface area contributed by atoms with E-state index in [9.17, 15) is 0 Å². The van der Waals surface area contributed by atoms with Crippen molar-refractivity contribution in [3.8, 4) is 17.1 Å². The largest absolute Gasteiger partial charge is 0.339 e. The molecule has 0 unspecified atom stereocenters. The molecule has 0 fully saturated rings. The molecule has 0 N–H and O–H groups in total. The fourth-order valence-corrected chi connectivity index (χ4v) is 4.89. The van der Waals surface area contributed by atoms with Crippen LogP contribution in [0.25, 0.3) is 17.1 Å². The Kier molecular flexibility index (Phi) is 6.36. The number of benzene rings is 1. The number of nitrogens with zero attached hydrogens (tertiary/aromatic N) is 6. The van der Waals surface area contributed by atoms with Crippen LogP contribution in [0.1, 0.15) is 23.0 Å². The lowest BCUT2D eigenvalue weighted by molar-refractivity contribution is 0.378. The molecule has 0 spiro atoms. The zero-order chi connectivity index (χ0) is 21.6. The smallest absolute Gasteiger partial charge is 0.226 e. The number of thiophene rings is 1. The predicted octanol–water partition coefficient (Wildman–Crippen LogP) is 5.09. The number of hydrogen-bond acceptors (Lipinski definition) is 8. The van der Waals surface area contributed by atoms with E-state index in [2.05, 4.69) is 59.5 Å². The highest BCUT2D eigenvalue weighted by Gasteiger charge is 2.15. The van der Waals surface area contributed by atoms with Gasteiger partial charge in [-0.3, -0.25) is 9.55 Å². The molecule has 0 aliphatic carbocycles. The average molecular weight is 461 g/mol. The molecule has 1 aromatic carbocycles. The highest BCUT2D eigenvalue weighted by atomic mass is 32.2. The molecular formula is C23H20N6OS2. The summed E-state index contributed by atoms with van der Waals surface area (Å²) < 4.78 is 7.56. The van der Waals surface area contributed by atoms with Gasteiger partial charge in [-0.2, -0.15) is 4.98 Å². The topological polar surface area (TPSA) is 82.5 Å². The minimum atomic E-state index is 0.595. The summed E-state index contributed by atoms with van der Waals surface area (Å²) in [7, 11) is 0. The summed E-state index contributed by atoms with van der Waals surface area (Å²) in [6.07, 6.45) is 5.81. The van der Waals surface area contributed by atoms with Gasteiger partial charge in [0.05, 0.1) is 0 Å². The molecule has 5 rings (SSSR count). The highest BCUT2D eigenvalue weighted by molar-refractivity contribution is 7.99. The van der Waals surface area contributed by atoms with Crippen molar-refractivity contribution in [3.63, 3.8) is 0 Å². The first-order valence-corrected chi connectivity index (χ1v) is 12.1. The Bertz CT molecular complexity index is 1250. The zero-order valence-corrected chi connectivity index (χ0v) is 18.8. The van der Waals surface area contributed by atoms with Crippen LogP contribution in [-0.4, -0.2) is 35.6 Å². The van der Waals surface area contributed by atoms with Crippen LogP contribution in [0.5, 0.6) is 0 Å². The van der Waals surface area contributed by atoms with Gasteiger partial charge in [0.25, 0.3) is 0 Å². The standard InChI is InChI=1S/C23H20N6OS2/c1-2-6-18(7-3-1)29-20(16-19-8-4-14-31-19)26-27-23(29)32-15-5-9-21-25-22(28-30-21)17-10-12-24-13-11-17/h1-4,6-8,10-14H,5,9,15-16H2. The Hall–Kier alpha value is -3.30. The fourth-order valence-electron chi connectivity index (χ4n) is 3.28. The molecular weight excluding hydrogens is 440 g/mol. The summed E-state index contributed by atoms with van der Waals surface area (Å²) in [6, 6.07) is 18.2. The van der Waals surface area contributed by atoms with Crippen molar-refractivity contribution in [1.29, 1.82) is 0 Å². The number of rotatable bonds is 9. The van der Waals surface area contributed by atoms with Crippen LogP contribution in [-0.2, 0) is 12.8 Å². The van der Waals surface area contributed by atoms with Gasteiger partial charge in [-0.1, -0.05) is 41.2 Å². The maximum Gasteiger partial charge on any atom is 0.226 e. The summed E-state index contributed by atoms with van der Waals surface area (Å²) >= 11 is 3.43. The highest BCUT2D eigenvalue weighted by Crippen LogP contribution is 2.25. The molecule has 4 aromatic heterocycles. The van der Waals surface area contributed by atoms with Crippen LogP contribution >= 0.6 is 23.1 Å². The van der Waals surface area contributed by atoms with E-state index in [0.29, 0.717) is 18.1 Å². The van der Waals surface area contributed by atoms with Crippen LogP contribution in [0.4, 0.5) is 0 Å². The summed E-state index contributed by atoms with van der Waals surface area (Å²) in [6.45, 7) is 0. The second-order valence-corrected chi connectivity index (χ2v) is 9.12. The van der Waals surface area contributed by atoms with E-state index >= 15 is 0 Å². The van der Waals surface area contributed by atoms with Gasteiger partial charge >= 0.3 is 0 Å². The van der Waals surface area contributed by atoms with Crippen LogP contribution in [0.2, 0.25) is 0 Å². The Morgan fingerprint density at radius 1 is 0.969 bits per heavy atom. The van der Waals surface area contributed by atoms with E-state index < -0.39 is 0 Å². The molecule has 0 aliphatic rings. The quantitative estimate of drug-likeness (QED) is 0.224. The van der Waals surface area contributed by atoms with E-state index in [-0.39, 0.29) is 0 Å². The molecule has 160 valence electrons. The molecule has 9 heteroatoms. The molecule has 0 radical (unpaired) electrons. The number of para-hydroxylation sites is 1. The van der Waals surface area contributed by atoms with Gasteiger partial charge in [-0.25, -0.2) is 0 Å². The van der Waals surface area contributed by atoms with Crippen molar-refractivity contribution in [1.82, 2.24) is 29.9 Å². The maximum atomic E-state index is 5.40. The number of thioether (sulfide) groups is 1. The number of aryl methyl sites for hydroxylation is 1. The second kappa shape index (κ2) is 9.88. The molecule has 0 bridgehead atoms. The van der Waals surface area contributed by atoms with Crippen molar-refractivity contribution in [3.05, 3.63) is 89.0 Å². The van der Waals surface area contributed by atoms with Gasteiger partial charge in [-0.05, 0) is 42.1 Å². The molecule has 0 saturated carbocycles. The Balaban J connectivity index is 1.25. The summed E-state index contributed by atoms with van der Waals surface area (Å²) in [5, 5.41) is 16.0. The van der Waals surface area contributed by atoms with Gasteiger partial charge in [0.15, 0.2) is 5.16 Å². The van der Waals surface area contributed by atoms with Crippen molar-refractivity contribution >= 4 is 23.1 Å². The first-order valence-electron chi connectivity index (χ1n) is 10.2. The lowest BCUT2D eigenvalue weighted by atomic mass is 10.2. The minimum absolute atomic E-state index is 0.595. The first kappa shape index (κ1) is 20.6. The fraction of sp³-hybridized carbons (Fsp3) is 0.174. The van der Waals surface area contributed by atoms with Gasteiger partial charge in [0.2, 0.25) is 11.7 Å². The van der Waals surface area contributed by atoms with Crippen molar-refractivity contribution in [2.75, 3.05) is 5.75 Å². The molecule has 5 aromatic rings. The lowest BCUT2D eigenvalue weighted by Gasteiger charge is -2.09. The Labute approximate surface area is 193 Å². The molecule has 0 amide bonds. The maximum absolute atomic E-state index is 5.40. The van der Waals surface area contributed by atoms with Crippen molar-refractivity contribution < 1.29 is 4.52 Å². The molecule has 32 heavy (non-hydrogen) atoms. The number of aromatic nitrogens is 6. The minimum Gasteiger partial charge on any atom is -0.339 e. The van der Waals surface area contributed by atoms with Gasteiger partial charge in [-0.15, -0.1) is 21.5 Å². The second-order valence-electron chi connectivity index (χ2n) is 7.03. The van der Waals surface area contributed by atoms with Crippen molar-refractivity contribution in [2.24, 2.45) is 0 Å². The predicted molar refractivity (Wildman–Crippen MR) is 125 cm³/mol. The molecule has 0 atom stereocenters. The number of pyridine rings is 1. The van der Waals surface area contributed by atoms with E-state index in [0.717, 1.165) is 40.8 Å². The van der Waals surface area contributed by atoms with Crippen LogP contribution in [0, 0.1) is 0 Å². The summed E-state index contributed by atoms with van der Waals surface area (Å²) in [5.74, 6) is 3.05. The average Bonchev–Trinajstić information content (AvgIpc) is 3.60. The van der Waals surface area contributed by atoms with E-state index in [1.807, 2.05) is 30.3 Å². The SMILES string of the molecule is c1ccc(-n2c(Cc3cccs3)nnc2SCCCc2nc(-c3ccncc3)no2)cc1. The third-order valence-electron chi connectivity index (χ3n) is 4.80. The van der Waals surface area contributed by atoms with E-state index in [1.165, 1.54) is 4.88 Å². The number of hydrogen-bond donors (Lipinski definition) is 0. The first-order chi connectivity index (χ1) is 15.9. The normalized spacial score (nSPS) is 11.1. The Morgan fingerprint density at radius 3 is 2.66 bits per heavy atom. The van der Waals surface area contributed by atoms with Crippen molar-refractivity contribution in [2.45, 2.75) is 24.4 Å². The lowest BCUT2D eigenvalue weighted by Crippen LogP contribution is -2.03. The third-order valence-corrected chi connectivity index (χ3v) is 6.69. The van der Waals surface area contributed by atoms with E-state index in [1.54, 1.807) is 35.5 Å². The van der Waals surface area contributed by atoms with Gasteiger partial charge in [0.1, 0.15) is 5.82 Å². The zero-order valence-electron chi connectivity index (χ0n) is 17.2. The van der Waals surface area contributed by atoms with Gasteiger partial charge in [0, 0.05) is 47.1 Å². The van der Waals surface area contributed by atoms with Crippen LogP contribution < -0.4 is 0 Å². The monoisotopic (exact) mass is 460 g/mol. The molecule has 7 nitrogen and oxygen atoms in total. The van der Waals surface area contributed by atoms with Gasteiger partial charge < -0.3 is 4.52 Å². The van der Waals surface area contributed by atoms with E-state index in [4.69, 9.17) is 4.52 Å². The molecule has 0 saturated heterocycles.